The maximum Gasteiger partial charge on any atom is 0.420 e. The van der Waals surface area contributed by atoms with Crippen molar-refractivity contribution in [2.24, 2.45) is 0 Å². The Morgan fingerprint density at radius 3 is 2.57 bits per heavy atom. The highest BCUT2D eigenvalue weighted by molar-refractivity contribution is 9.10. The summed E-state index contributed by atoms with van der Waals surface area (Å²) in [6, 6.07) is 6.10. The number of ether oxygens (including phenoxy) is 1. The molecule has 0 saturated heterocycles. The molecule has 0 aliphatic heterocycles. The third kappa shape index (κ3) is 3.44. The van der Waals surface area contributed by atoms with Crippen LogP contribution in [0.4, 0.5) is 18.9 Å². The lowest BCUT2D eigenvalue weighted by atomic mass is 10.1. The number of nitrogens with zero attached hydrogens (tertiary/aromatic N) is 2. The van der Waals surface area contributed by atoms with E-state index in [0.717, 1.165) is 6.07 Å². The number of hydrogen-bond donors (Lipinski definition) is 1. The molecule has 21 heavy (non-hydrogen) atoms. The molecule has 0 aliphatic carbocycles. The molecule has 4 nitrogen and oxygen atoms in total. The SMILES string of the molecule is N#Cc1ccc(Oc2ncc(Br)cc2N)c(C(F)(F)F)c1. The topological polar surface area (TPSA) is 71.9 Å². The summed E-state index contributed by atoms with van der Waals surface area (Å²) in [4.78, 5) is 3.81. The normalized spacial score (nSPS) is 11.0. The quantitative estimate of drug-likeness (QED) is 0.877. The number of nitriles is 1. The number of nitrogen functional groups attached to an aromatic ring is 1. The van der Waals surface area contributed by atoms with E-state index in [9.17, 15) is 13.2 Å². The van der Waals surface area contributed by atoms with E-state index >= 15 is 0 Å². The molecule has 1 heterocycles. The van der Waals surface area contributed by atoms with E-state index in [2.05, 4.69) is 20.9 Å². The van der Waals surface area contributed by atoms with Gasteiger partial charge in [-0.15, -0.1) is 0 Å². The summed E-state index contributed by atoms with van der Waals surface area (Å²) < 4.78 is 44.7. The molecule has 2 N–H and O–H groups in total. The molecular formula is C13H7BrF3N3O. The van der Waals surface area contributed by atoms with Crippen LogP contribution < -0.4 is 10.5 Å². The van der Waals surface area contributed by atoms with Crippen LogP contribution in [0.15, 0.2) is 34.9 Å². The Bertz CT molecular complexity index is 726. The molecule has 0 radical (unpaired) electrons. The van der Waals surface area contributed by atoms with Crippen LogP contribution in [0.2, 0.25) is 0 Å². The summed E-state index contributed by atoms with van der Waals surface area (Å²) in [5.41, 5.74) is 4.54. The molecule has 0 amide bonds. The number of pyridine rings is 1. The van der Waals surface area contributed by atoms with Crippen LogP contribution in [0.25, 0.3) is 0 Å². The Hall–Kier alpha value is -2.27. The molecule has 0 atom stereocenters. The third-order valence-corrected chi connectivity index (χ3v) is 2.90. The lowest BCUT2D eigenvalue weighted by Crippen LogP contribution is -2.08. The largest absolute Gasteiger partial charge is 0.436 e. The summed E-state index contributed by atoms with van der Waals surface area (Å²) in [7, 11) is 0. The van der Waals surface area contributed by atoms with E-state index in [4.69, 9.17) is 15.7 Å². The maximum atomic E-state index is 13.0. The van der Waals surface area contributed by atoms with Gasteiger partial charge in [0.2, 0.25) is 5.88 Å². The van der Waals surface area contributed by atoms with Crippen LogP contribution in [0.5, 0.6) is 11.6 Å². The molecule has 1 aromatic carbocycles. The van der Waals surface area contributed by atoms with Crippen LogP contribution in [-0.2, 0) is 6.18 Å². The first-order valence-electron chi connectivity index (χ1n) is 5.51. The second kappa shape index (κ2) is 5.61. The van der Waals surface area contributed by atoms with E-state index in [1.807, 2.05) is 0 Å². The number of aromatic nitrogens is 1. The second-order valence-electron chi connectivity index (χ2n) is 3.97. The minimum Gasteiger partial charge on any atom is -0.436 e. The van der Waals surface area contributed by atoms with Gasteiger partial charge in [0.25, 0.3) is 0 Å². The van der Waals surface area contributed by atoms with Crippen molar-refractivity contribution in [1.82, 2.24) is 4.98 Å². The molecule has 0 spiro atoms. The molecular weight excluding hydrogens is 351 g/mol. The van der Waals surface area contributed by atoms with Crippen molar-refractivity contribution in [2.45, 2.75) is 6.18 Å². The zero-order valence-electron chi connectivity index (χ0n) is 10.3. The Morgan fingerprint density at radius 1 is 1.29 bits per heavy atom. The van der Waals surface area contributed by atoms with Crippen LogP contribution in [-0.4, -0.2) is 4.98 Å². The highest BCUT2D eigenvalue weighted by atomic mass is 79.9. The summed E-state index contributed by atoms with van der Waals surface area (Å²) in [5.74, 6) is -0.614. The van der Waals surface area contributed by atoms with Crippen molar-refractivity contribution in [3.05, 3.63) is 46.1 Å². The first-order chi connectivity index (χ1) is 9.81. The average Bonchev–Trinajstić information content (AvgIpc) is 2.41. The van der Waals surface area contributed by atoms with Gasteiger partial charge < -0.3 is 10.5 Å². The number of alkyl halides is 3. The predicted molar refractivity (Wildman–Crippen MR) is 72.6 cm³/mol. The summed E-state index contributed by atoms with van der Waals surface area (Å²) in [6.07, 6.45) is -3.31. The third-order valence-electron chi connectivity index (χ3n) is 2.47. The van der Waals surface area contributed by atoms with Crippen LogP contribution in [0, 0.1) is 11.3 Å². The fraction of sp³-hybridized carbons (Fsp3) is 0.0769. The van der Waals surface area contributed by atoms with Gasteiger partial charge in [0, 0.05) is 10.7 Å². The van der Waals surface area contributed by atoms with E-state index in [1.165, 1.54) is 18.3 Å². The van der Waals surface area contributed by atoms with Crippen LogP contribution >= 0.6 is 15.9 Å². The van der Waals surface area contributed by atoms with Gasteiger partial charge in [-0.2, -0.15) is 18.4 Å². The lowest BCUT2D eigenvalue weighted by molar-refractivity contribution is -0.138. The van der Waals surface area contributed by atoms with Crippen molar-refractivity contribution in [2.75, 3.05) is 5.73 Å². The fourth-order valence-corrected chi connectivity index (χ4v) is 1.89. The van der Waals surface area contributed by atoms with Gasteiger partial charge >= 0.3 is 6.18 Å². The van der Waals surface area contributed by atoms with Gasteiger partial charge in [-0.1, -0.05) is 0 Å². The predicted octanol–water partition coefficient (Wildman–Crippen LogP) is 4.11. The van der Waals surface area contributed by atoms with Gasteiger partial charge in [-0.05, 0) is 40.2 Å². The zero-order chi connectivity index (χ0) is 15.6. The maximum absolute atomic E-state index is 13.0. The Labute approximate surface area is 126 Å². The van der Waals surface area contributed by atoms with Crippen molar-refractivity contribution < 1.29 is 17.9 Å². The Morgan fingerprint density at radius 2 is 2.00 bits per heavy atom. The molecule has 0 fully saturated rings. The number of nitrogens with two attached hydrogens (primary N) is 1. The van der Waals surface area contributed by atoms with Crippen molar-refractivity contribution in [3.63, 3.8) is 0 Å². The Balaban J connectivity index is 2.47. The summed E-state index contributed by atoms with van der Waals surface area (Å²) in [6.45, 7) is 0. The van der Waals surface area contributed by atoms with E-state index < -0.39 is 17.5 Å². The van der Waals surface area contributed by atoms with Gasteiger partial charge in [0.1, 0.15) is 5.75 Å². The minimum absolute atomic E-state index is 0.0851. The average molecular weight is 358 g/mol. The number of halogens is 4. The molecule has 0 bridgehead atoms. The molecule has 2 rings (SSSR count). The molecule has 108 valence electrons. The summed E-state index contributed by atoms with van der Waals surface area (Å²) in [5, 5.41) is 8.69. The van der Waals surface area contributed by atoms with Gasteiger partial charge in [-0.3, -0.25) is 0 Å². The first-order valence-corrected chi connectivity index (χ1v) is 6.31. The number of benzene rings is 1. The molecule has 8 heteroatoms. The van der Waals surface area contributed by atoms with Crippen molar-refractivity contribution >= 4 is 21.6 Å². The smallest absolute Gasteiger partial charge is 0.420 e. The molecule has 0 aliphatic rings. The van der Waals surface area contributed by atoms with Gasteiger partial charge in [-0.25, -0.2) is 4.98 Å². The van der Waals surface area contributed by atoms with Crippen molar-refractivity contribution in [3.8, 4) is 17.7 Å². The lowest BCUT2D eigenvalue weighted by Gasteiger charge is -2.14. The first kappa shape index (κ1) is 15.1. The number of anilines is 1. The zero-order valence-corrected chi connectivity index (χ0v) is 11.9. The van der Waals surface area contributed by atoms with Crippen LogP contribution in [0.1, 0.15) is 11.1 Å². The number of rotatable bonds is 2. The van der Waals surface area contributed by atoms with E-state index in [1.54, 1.807) is 6.07 Å². The highest BCUT2D eigenvalue weighted by Crippen LogP contribution is 2.39. The van der Waals surface area contributed by atoms with Gasteiger partial charge in [0.15, 0.2) is 0 Å². The minimum atomic E-state index is -4.66. The standard InChI is InChI=1S/C13H7BrF3N3O/c14-8-4-10(19)12(20-6-8)21-11-2-1-7(5-18)3-9(11)13(15,16)17/h1-4,6H,19H2. The van der Waals surface area contributed by atoms with E-state index in [0.29, 0.717) is 10.5 Å². The molecule has 0 saturated carbocycles. The molecule has 0 unspecified atom stereocenters. The monoisotopic (exact) mass is 357 g/mol. The molecule has 2 aromatic rings. The highest BCUT2D eigenvalue weighted by Gasteiger charge is 2.35. The van der Waals surface area contributed by atoms with Crippen LogP contribution in [0.3, 0.4) is 0 Å². The second-order valence-corrected chi connectivity index (χ2v) is 4.89. The van der Waals surface area contributed by atoms with E-state index in [-0.39, 0.29) is 17.1 Å². The summed E-state index contributed by atoms with van der Waals surface area (Å²) >= 11 is 3.13. The Kier molecular flexibility index (Phi) is 4.04. The van der Waals surface area contributed by atoms with Crippen molar-refractivity contribution in [1.29, 1.82) is 5.26 Å². The number of hydrogen-bond acceptors (Lipinski definition) is 4. The fourth-order valence-electron chi connectivity index (χ4n) is 1.54. The van der Waals surface area contributed by atoms with Gasteiger partial charge in [0.05, 0.1) is 22.9 Å². The molecule has 1 aromatic heterocycles.